The smallest absolute Gasteiger partial charge is 0.240 e. The first-order valence-corrected chi connectivity index (χ1v) is 6.51. The summed E-state index contributed by atoms with van der Waals surface area (Å²) in [4.78, 5) is 12.1. The molecule has 3 N–H and O–H groups in total. The Bertz CT molecular complexity index is 296. The second-order valence-electron chi connectivity index (χ2n) is 5.13. The van der Waals surface area contributed by atoms with Crippen LogP contribution in [0.4, 0.5) is 0 Å². The molecule has 1 aliphatic carbocycles. The topological polar surface area (TPSA) is 64.4 Å². The molecule has 1 saturated heterocycles. The van der Waals surface area contributed by atoms with E-state index < -0.39 is 5.54 Å². The van der Waals surface area contributed by atoms with Gasteiger partial charge in [-0.15, -0.1) is 0 Å². The van der Waals surface area contributed by atoms with Gasteiger partial charge >= 0.3 is 0 Å². The van der Waals surface area contributed by atoms with E-state index in [9.17, 15) is 4.79 Å². The van der Waals surface area contributed by atoms with Crippen LogP contribution in [0.3, 0.4) is 0 Å². The molecule has 0 aromatic heterocycles. The molecular formula is C13H22N2O2. The van der Waals surface area contributed by atoms with Crippen molar-refractivity contribution in [3.63, 3.8) is 0 Å². The van der Waals surface area contributed by atoms with Crippen LogP contribution in [-0.4, -0.2) is 31.2 Å². The van der Waals surface area contributed by atoms with Crippen LogP contribution in [0.25, 0.3) is 0 Å². The Balaban J connectivity index is 1.77. The molecule has 0 saturated carbocycles. The minimum Gasteiger partial charge on any atom is -0.381 e. The number of nitrogens with two attached hydrogens (primary N) is 1. The molecule has 17 heavy (non-hydrogen) atoms. The van der Waals surface area contributed by atoms with Crippen LogP contribution in [0, 0.1) is 5.92 Å². The maximum absolute atomic E-state index is 12.1. The summed E-state index contributed by atoms with van der Waals surface area (Å²) in [7, 11) is 0. The third-order valence-electron chi connectivity index (χ3n) is 3.77. The van der Waals surface area contributed by atoms with Crippen molar-refractivity contribution >= 4 is 5.91 Å². The summed E-state index contributed by atoms with van der Waals surface area (Å²) in [6, 6.07) is 0. The first kappa shape index (κ1) is 12.6. The van der Waals surface area contributed by atoms with Crippen molar-refractivity contribution < 1.29 is 9.53 Å². The van der Waals surface area contributed by atoms with Crippen molar-refractivity contribution in [1.29, 1.82) is 0 Å². The van der Waals surface area contributed by atoms with Crippen LogP contribution in [-0.2, 0) is 9.53 Å². The highest BCUT2D eigenvalue weighted by Gasteiger charge is 2.35. The van der Waals surface area contributed by atoms with Gasteiger partial charge < -0.3 is 15.8 Å². The molecular weight excluding hydrogens is 216 g/mol. The van der Waals surface area contributed by atoms with E-state index in [1.807, 2.05) is 0 Å². The predicted octanol–water partition coefficient (Wildman–Crippen LogP) is 0.967. The molecule has 0 spiro atoms. The number of rotatable bonds is 3. The van der Waals surface area contributed by atoms with Gasteiger partial charge in [-0.2, -0.15) is 0 Å². The molecule has 1 heterocycles. The zero-order valence-corrected chi connectivity index (χ0v) is 10.3. The Kier molecular flexibility index (Phi) is 4.18. The molecule has 0 aromatic rings. The Morgan fingerprint density at radius 3 is 2.82 bits per heavy atom. The Morgan fingerprint density at radius 1 is 1.41 bits per heavy atom. The molecule has 1 atom stereocenters. The molecule has 2 rings (SSSR count). The third kappa shape index (κ3) is 3.30. The van der Waals surface area contributed by atoms with Crippen LogP contribution in [0.5, 0.6) is 0 Å². The number of hydrogen-bond donors (Lipinski definition) is 2. The number of nitrogens with one attached hydrogen (secondary N) is 1. The number of carbonyl (C=O) groups is 1. The largest absolute Gasteiger partial charge is 0.381 e. The lowest BCUT2D eigenvalue weighted by Gasteiger charge is -2.32. The van der Waals surface area contributed by atoms with Gasteiger partial charge in [0.2, 0.25) is 5.91 Å². The summed E-state index contributed by atoms with van der Waals surface area (Å²) in [5, 5.41) is 3.01. The molecule has 1 unspecified atom stereocenters. The molecule has 1 aliphatic heterocycles. The normalized spacial score (nSPS) is 27.7. The molecule has 4 nitrogen and oxygen atoms in total. The van der Waals surface area contributed by atoms with E-state index in [0.29, 0.717) is 32.0 Å². The summed E-state index contributed by atoms with van der Waals surface area (Å²) in [6.07, 6.45) is 9.03. The highest BCUT2D eigenvalue weighted by molar-refractivity contribution is 5.86. The van der Waals surface area contributed by atoms with Gasteiger partial charge in [-0.1, -0.05) is 12.2 Å². The van der Waals surface area contributed by atoms with E-state index in [4.69, 9.17) is 10.5 Å². The molecule has 1 amide bonds. The number of ether oxygens (including phenoxy) is 1. The van der Waals surface area contributed by atoms with E-state index in [-0.39, 0.29) is 5.91 Å². The highest BCUT2D eigenvalue weighted by atomic mass is 16.5. The van der Waals surface area contributed by atoms with Gasteiger partial charge in [0.25, 0.3) is 0 Å². The van der Waals surface area contributed by atoms with Crippen LogP contribution < -0.4 is 11.1 Å². The molecule has 0 radical (unpaired) electrons. The quantitative estimate of drug-likeness (QED) is 0.720. The van der Waals surface area contributed by atoms with Crippen LogP contribution in [0.2, 0.25) is 0 Å². The van der Waals surface area contributed by atoms with Crippen LogP contribution in [0.15, 0.2) is 12.2 Å². The lowest BCUT2D eigenvalue weighted by molar-refractivity contribution is -0.129. The van der Waals surface area contributed by atoms with E-state index in [1.165, 1.54) is 0 Å². The lowest BCUT2D eigenvalue weighted by atomic mass is 9.89. The SMILES string of the molecule is NC1(C(=O)NCC2CC=CCC2)CCOCC1. The van der Waals surface area contributed by atoms with Gasteiger partial charge in [-0.05, 0) is 38.0 Å². The summed E-state index contributed by atoms with van der Waals surface area (Å²) in [5.41, 5.74) is 5.41. The molecule has 1 fully saturated rings. The highest BCUT2D eigenvalue weighted by Crippen LogP contribution is 2.20. The average Bonchev–Trinajstić information content (AvgIpc) is 2.38. The van der Waals surface area contributed by atoms with Crippen molar-refractivity contribution in [3.05, 3.63) is 12.2 Å². The van der Waals surface area contributed by atoms with Crippen LogP contribution in [0.1, 0.15) is 32.1 Å². The fourth-order valence-corrected chi connectivity index (χ4v) is 2.42. The first-order chi connectivity index (χ1) is 8.21. The van der Waals surface area contributed by atoms with E-state index in [0.717, 1.165) is 25.8 Å². The molecule has 96 valence electrons. The monoisotopic (exact) mass is 238 g/mol. The minimum atomic E-state index is -0.706. The minimum absolute atomic E-state index is 0.00430. The zero-order chi connectivity index (χ0) is 12.1. The Labute approximate surface area is 103 Å². The second-order valence-corrected chi connectivity index (χ2v) is 5.13. The third-order valence-corrected chi connectivity index (χ3v) is 3.77. The number of hydrogen-bond acceptors (Lipinski definition) is 3. The zero-order valence-electron chi connectivity index (χ0n) is 10.3. The van der Waals surface area contributed by atoms with Gasteiger partial charge in [0.05, 0.1) is 5.54 Å². The fourth-order valence-electron chi connectivity index (χ4n) is 2.42. The van der Waals surface area contributed by atoms with Gasteiger partial charge in [0.1, 0.15) is 0 Å². The Morgan fingerprint density at radius 2 is 2.18 bits per heavy atom. The maximum atomic E-state index is 12.1. The van der Waals surface area contributed by atoms with E-state index in [2.05, 4.69) is 17.5 Å². The van der Waals surface area contributed by atoms with Crippen molar-refractivity contribution in [1.82, 2.24) is 5.32 Å². The fraction of sp³-hybridized carbons (Fsp3) is 0.769. The average molecular weight is 238 g/mol. The van der Waals surface area contributed by atoms with Gasteiger partial charge in [0, 0.05) is 19.8 Å². The van der Waals surface area contributed by atoms with Crippen LogP contribution >= 0.6 is 0 Å². The predicted molar refractivity (Wildman–Crippen MR) is 66.5 cm³/mol. The van der Waals surface area contributed by atoms with E-state index >= 15 is 0 Å². The molecule has 0 aromatic carbocycles. The molecule has 2 aliphatic rings. The number of allylic oxidation sites excluding steroid dienone is 2. The summed E-state index contributed by atoms with van der Waals surface area (Å²) < 4.78 is 5.24. The van der Waals surface area contributed by atoms with Gasteiger partial charge in [-0.25, -0.2) is 0 Å². The van der Waals surface area contributed by atoms with Crippen molar-refractivity contribution in [2.45, 2.75) is 37.6 Å². The Hall–Kier alpha value is -0.870. The molecule has 0 bridgehead atoms. The standard InChI is InChI=1S/C13H22N2O2/c14-13(6-8-17-9-7-13)12(16)15-10-11-4-2-1-3-5-11/h1-2,11H,3-10,14H2,(H,15,16). The lowest BCUT2D eigenvalue weighted by Crippen LogP contribution is -2.57. The summed E-state index contributed by atoms with van der Waals surface area (Å²) in [5.74, 6) is 0.572. The summed E-state index contributed by atoms with van der Waals surface area (Å²) in [6.45, 7) is 1.94. The summed E-state index contributed by atoms with van der Waals surface area (Å²) >= 11 is 0. The molecule has 4 heteroatoms. The van der Waals surface area contributed by atoms with E-state index in [1.54, 1.807) is 0 Å². The van der Waals surface area contributed by atoms with Gasteiger partial charge in [-0.3, -0.25) is 4.79 Å². The van der Waals surface area contributed by atoms with Crippen molar-refractivity contribution in [2.75, 3.05) is 19.8 Å². The second kappa shape index (κ2) is 5.65. The van der Waals surface area contributed by atoms with Crippen molar-refractivity contribution in [2.24, 2.45) is 11.7 Å². The van der Waals surface area contributed by atoms with Crippen molar-refractivity contribution in [3.8, 4) is 0 Å². The maximum Gasteiger partial charge on any atom is 0.240 e. The number of carbonyl (C=O) groups excluding carboxylic acids is 1. The van der Waals surface area contributed by atoms with Gasteiger partial charge in [0.15, 0.2) is 0 Å². The first-order valence-electron chi connectivity index (χ1n) is 6.51. The number of amides is 1.